The van der Waals surface area contributed by atoms with Crippen LogP contribution in [0.25, 0.3) is 0 Å². The maximum absolute atomic E-state index is 13.4. The van der Waals surface area contributed by atoms with Gasteiger partial charge in [-0.1, -0.05) is 13.0 Å². The van der Waals surface area contributed by atoms with Gasteiger partial charge in [-0.05, 0) is 31.4 Å². The molecule has 3 aliphatic rings. The van der Waals surface area contributed by atoms with Crippen LogP contribution in [-0.4, -0.2) is 71.7 Å². The van der Waals surface area contributed by atoms with Crippen LogP contribution in [0.4, 0.5) is 11.8 Å². The lowest BCUT2D eigenvalue weighted by molar-refractivity contribution is -0.135. The van der Waals surface area contributed by atoms with Crippen molar-refractivity contribution >= 4 is 17.7 Å². The lowest BCUT2D eigenvalue weighted by atomic mass is 9.85. The lowest BCUT2D eigenvalue weighted by Crippen LogP contribution is -2.38. The van der Waals surface area contributed by atoms with Crippen LogP contribution in [0.5, 0.6) is 0 Å². The summed E-state index contributed by atoms with van der Waals surface area (Å²) in [4.78, 5) is 33.9. The fourth-order valence-electron chi connectivity index (χ4n) is 4.89. The zero-order valence-corrected chi connectivity index (χ0v) is 18.2. The van der Waals surface area contributed by atoms with E-state index in [2.05, 4.69) is 27.8 Å². The second-order valence-electron chi connectivity index (χ2n) is 8.72. The minimum atomic E-state index is -0.300. The van der Waals surface area contributed by atoms with Crippen molar-refractivity contribution < 1.29 is 9.53 Å². The van der Waals surface area contributed by atoms with Gasteiger partial charge in [-0.25, -0.2) is 4.98 Å². The van der Waals surface area contributed by atoms with E-state index in [-0.39, 0.29) is 11.3 Å². The van der Waals surface area contributed by atoms with E-state index in [1.165, 1.54) is 0 Å². The van der Waals surface area contributed by atoms with Crippen molar-refractivity contribution in [2.24, 2.45) is 5.41 Å². The van der Waals surface area contributed by atoms with Crippen molar-refractivity contribution in [1.82, 2.24) is 19.9 Å². The number of carbonyl (C=O) groups is 1. The molecule has 3 saturated heterocycles. The molecule has 0 radical (unpaired) electrons. The highest BCUT2D eigenvalue weighted by molar-refractivity contribution is 5.86. The predicted octanol–water partition coefficient (Wildman–Crippen LogP) is 1.90. The summed E-state index contributed by atoms with van der Waals surface area (Å²) in [6.07, 6.45) is 4.43. The van der Waals surface area contributed by atoms with E-state index in [1.807, 2.05) is 23.1 Å². The monoisotopic (exact) mass is 422 g/mol. The lowest BCUT2D eigenvalue weighted by Gasteiger charge is -2.29. The van der Waals surface area contributed by atoms with Gasteiger partial charge < -0.3 is 19.4 Å². The number of hydrogen-bond donors (Lipinski definition) is 0. The van der Waals surface area contributed by atoms with E-state index in [9.17, 15) is 4.79 Å². The molecule has 0 aromatic carbocycles. The summed E-state index contributed by atoms with van der Waals surface area (Å²) in [7, 11) is 0. The van der Waals surface area contributed by atoms with Gasteiger partial charge in [-0.15, -0.1) is 0 Å². The Labute approximate surface area is 183 Å². The van der Waals surface area contributed by atoms with Gasteiger partial charge >= 0.3 is 0 Å². The molecule has 5 rings (SSSR count). The number of nitrogens with zero attached hydrogens (tertiary/aromatic N) is 6. The number of amides is 1. The predicted molar refractivity (Wildman–Crippen MR) is 118 cm³/mol. The summed E-state index contributed by atoms with van der Waals surface area (Å²) in [5.74, 6) is 1.99. The van der Waals surface area contributed by atoms with E-state index >= 15 is 0 Å². The molecular formula is C23H30N6O2. The Morgan fingerprint density at radius 1 is 1.03 bits per heavy atom. The van der Waals surface area contributed by atoms with Crippen molar-refractivity contribution in [2.75, 3.05) is 55.7 Å². The third-order valence-electron chi connectivity index (χ3n) is 6.77. The molecule has 8 nitrogen and oxygen atoms in total. The first kappa shape index (κ1) is 20.2. The van der Waals surface area contributed by atoms with Gasteiger partial charge in [0.1, 0.15) is 5.82 Å². The van der Waals surface area contributed by atoms with Gasteiger partial charge in [0, 0.05) is 50.7 Å². The summed E-state index contributed by atoms with van der Waals surface area (Å²) >= 11 is 0. The fourth-order valence-corrected chi connectivity index (χ4v) is 4.89. The summed E-state index contributed by atoms with van der Waals surface area (Å²) in [6, 6.07) is 7.96. The van der Waals surface area contributed by atoms with Crippen molar-refractivity contribution in [3.8, 4) is 0 Å². The normalized spacial score (nSPS) is 23.9. The Kier molecular flexibility index (Phi) is 5.48. The number of aromatic nitrogens is 3. The number of aryl methyl sites for hydroxylation is 1. The van der Waals surface area contributed by atoms with Crippen LogP contribution in [0.3, 0.4) is 0 Å². The Bertz CT molecular complexity index is 933. The third kappa shape index (κ3) is 3.96. The molecule has 1 spiro atoms. The average Bonchev–Trinajstić information content (AvgIpc) is 3.40. The quantitative estimate of drug-likeness (QED) is 0.729. The van der Waals surface area contributed by atoms with Gasteiger partial charge in [0.2, 0.25) is 11.9 Å². The van der Waals surface area contributed by atoms with Crippen LogP contribution in [-0.2, 0) is 22.5 Å². The molecule has 0 saturated carbocycles. The van der Waals surface area contributed by atoms with Crippen LogP contribution < -0.4 is 9.80 Å². The number of carbonyl (C=O) groups excluding carboxylic acids is 1. The fraction of sp³-hybridized carbons (Fsp3) is 0.565. The van der Waals surface area contributed by atoms with Crippen molar-refractivity contribution in [3.63, 3.8) is 0 Å². The SMILES string of the molecule is CCc1cc(N2CCC3(CCN(Cc4ccccn4)C3=O)C2)nc(N2CCOCC2)n1. The number of likely N-dealkylation sites (tertiary alicyclic amines) is 1. The van der Waals surface area contributed by atoms with Crippen LogP contribution in [0.1, 0.15) is 31.2 Å². The third-order valence-corrected chi connectivity index (χ3v) is 6.77. The van der Waals surface area contributed by atoms with Crippen LogP contribution >= 0.6 is 0 Å². The Balaban J connectivity index is 1.32. The molecule has 2 aromatic rings. The number of pyridine rings is 1. The van der Waals surface area contributed by atoms with Crippen LogP contribution in [0.2, 0.25) is 0 Å². The summed E-state index contributed by atoms with van der Waals surface area (Å²) in [5.41, 5.74) is 1.69. The van der Waals surface area contributed by atoms with E-state index in [1.54, 1.807) is 6.20 Å². The zero-order valence-electron chi connectivity index (χ0n) is 18.2. The molecule has 0 aliphatic carbocycles. The van der Waals surface area contributed by atoms with E-state index in [0.29, 0.717) is 19.8 Å². The zero-order chi connectivity index (χ0) is 21.3. The maximum Gasteiger partial charge on any atom is 0.231 e. The molecule has 2 aromatic heterocycles. The minimum absolute atomic E-state index is 0.263. The first-order valence-electron chi connectivity index (χ1n) is 11.3. The van der Waals surface area contributed by atoms with Crippen molar-refractivity contribution in [2.45, 2.75) is 32.7 Å². The highest BCUT2D eigenvalue weighted by Gasteiger charge is 2.51. The second-order valence-corrected chi connectivity index (χ2v) is 8.72. The van der Waals surface area contributed by atoms with Crippen molar-refractivity contribution in [1.29, 1.82) is 0 Å². The van der Waals surface area contributed by atoms with E-state index in [0.717, 1.165) is 75.1 Å². The molecule has 3 aliphatic heterocycles. The van der Waals surface area contributed by atoms with Crippen molar-refractivity contribution in [3.05, 3.63) is 41.9 Å². The topological polar surface area (TPSA) is 74.7 Å². The Morgan fingerprint density at radius 2 is 1.87 bits per heavy atom. The number of hydrogen-bond acceptors (Lipinski definition) is 7. The maximum atomic E-state index is 13.4. The standard InChI is InChI=1S/C23H30N6O2/c1-2-18-15-20(26-22(25-18)27-11-13-31-14-12-27)29-10-7-23(17-29)6-9-28(21(23)30)16-19-5-3-4-8-24-19/h3-5,8,15H,2,6-7,9-14,16-17H2,1H3. The molecule has 5 heterocycles. The van der Waals surface area contributed by atoms with Gasteiger partial charge in [0.25, 0.3) is 0 Å². The Morgan fingerprint density at radius 3 is 2.65 bits per heavy atom. The molecule has 31 heavy (non-hydrogen) atoms. The average molecular weight is 423 g/mol. The molecule has 8 heteroatoms. The number of ether oxygens (including phenoxy) is 1. The molecule has 1 unspecified atom stereocenters. The number of rotatable bonds is 5. The van der Waals surface area contributed by atoms with Crippen LogP contribution in [0.15, 0.2) is 30.5 Å². The molecular weight excluding hydrogens is 392 g/mol. The first-order valence-corrected chi connectivity index (χ1v) is 11.3. The number of anilines is 2. The van der Waals surface area contributed by atoms with Crippen LogP contribution in [0, 0.1) is 5.41 Å². The van der Waals surface area contributed by atoms with Gasteiger partial charge in [0.05, 0.1) is 30.9 Å². The molecule has 1 amide bonds. The molecule has 0 N–H and O–H groups in total. The Hall–Kier alpha value is -2.74. The molecule has 0 bridgehead atoms. The highest BCUT2D eigenvalue weighted by Crippen LogP contribution is 2.42. The van der Waals surface area contributed by atoms with Gasteiger partial charge in [-0.3, -0.25) is 9.78 Å². The van der Waals surface area contributed by atoms with Gasteiger partial charge in [0.15, 0.2) is 0 Å². The molecule has 3 fully saturated rings. The summed E-state index contributed by atoms with van der Waals surface area (Å²) in [6.45, 7) is 8.15. The second kappa shape index (κ2) is 8.42. The largest absolute Gasteiger partial charge is 0.378 e. The first-order chi connectivity index (χ1) is 15.2. The van der Waals surface area contributed by atoms with E-state index in [4.69, 9.17) is 14.7 Å². The number of morpholine rings is 1. The minimum Gasteiger partial charge on any atom is -0.378 e. The van der Waals surface area contributed by atoms with E-state index < -0.39 is 0 Å². The summed E-state index contributed by atoms with van der Waals surface area (Å²) < 4.78 is 5.48. The van der Waals surface area contributed by atoms with Gasteiger partial charge in [-0.2, -0.15) is 4.98 Å². The molecule has 1 atom stereocenters. The highest BCUT2D eigenvalue weighted by atomic mass is 16.5. The smallest absolute Gasteiger partial charge is 0.231 e. The summed E-state index contributed by atoms with van der Waals surface area (Å²) in [5, 5.41) is 0. The molecule has 164 valence electrons.